The summed E-state index contributed by atoms with van der Waals surface area (Å²) in [5, 5.41) is 0. The van der Waals surface area contributed by atoms with Gasteiger partial charge in [0.25, 0.3) is 0 Å². The summed E-state index contributed by atoms with van der Waals surface area (Å²) in [5.41, 5.74) is 2.57. The Morgan fingerprint density at radius 2 is 2.17 bits per heavy atom. The zero-order valence-corrected chi connectivity index (χ0v) is 7.33. The van der Waals surface area contributed by atoms with Crippen LogP contribution in [-0.4, -0.2) is 6.72 Å². The summed E-state index contributed by atoms with van der Waals surface area (Å²) >= 11 is 0. The fourth-order valence-corrected chi connectivity index (χ4v) is 1.15. The van der Waals surface area contributed by atoms with Gasteiger partial charge in [-0.15, -0.1) is 0 Å². The molecular weight excluding hydrogens is 146 g/mol. The molecule has 0 unspecified atom stereocenters. The van der Waals surface area contributed by atoms with Crippen molar-refractivity contribution < 1.29 is 0 Å². The average Bonchev–Trinajstić information content (AvgIpc) is 2.15. The number of aryl methyl sites for hydroxylation is 1. The SMILES string of the molecule is C=N/C=C\c1ccccc1CC. The van der Waals surface area contributed by atoms with E-state index in [0.29, 0.717) is 0 Å². The van der Waals surface area contributed by atoms with Gasteiger partial charge in [0.15, 0.2) is 0 Å². The summed E-state index contributed by atoms with van der Waals surface area (Å²) in [6.45, 7) is 5.54. The molecule has 1 aromatic carbocycles. The van der Waals surface area contributed by atoms with Crippen LogP contribution in [0, 0.1) is 0 Å². The topological polar surface area (TPSA) is 12.4 Å². The van der Waals surface area contributed by atoms with Gasteiger partial charge in [0.2, 0.25) is 0 Å². The molecule has 0 radical (unpaired) electrons. The van der Waals surface area contributed by atoms with Gasteiger partial charge in [0.1, 0.15) is 0 Å². The summed E-state index contributed by atoms with van der Waals surface area (Å²) in [6, 6.07) is 8.29. The molecule has 0 fully saturated rings. The summed E-state index contributed by atoms with van der Waals surface area (Å²) in [5.74, 6) is 0. The van der Waals surface area contributed by atoms with Gasteiger partial charge in [-0.2, -0.15) is 0 Å². The van der Waals surface area contributed by atoms with Crippen LogP contribution in [0.15, 0.2) is 35.5 Å². The Morgan fingerprint density at radius 3 is 2.83 bits per heavy atom. The molecule has 0 aliphatic heterocycles. The molecule has 0 heterocycles. The summed E-state index contributed by atoms with van der Waals surface area (Å²) in [7, 11) is 0. The first kappa shape index (κ1) is 8.72. The molecule has 0 atom stereocenters. The second-order valence-electron chi connectivity index (χ2n) is 2.55. The first-order valence-corrected chi connectivity index (χ1v) is 4.08. The lowest BCUT2D eigenvalue weighted by molar-refractivity contribution is 1.13. The molecule has 0 aromatic heterocycles. The maximum Gasteiger partial charge on any atom is 0.0266 e. The molecule has 1 aromatic rings. The molecule has 62 valence electrons. The Balaban J connectivity index is 2.96. The number of rotatable bonds is 3. The molecular formula is C11H13N. The van der Waals surface area contributed by atoms with E-state index in [0.717, 1.165) is 6.42 Å². The Hall–Kier alpha value is -1.37. The lowest BCUT2D eigenvalue weighted by Crippen LogP contribution is -1.83. The first-order chi connectivity index (χ1) is 5.88. The number of aliphatic imine (C=N–C) groups is 1. The van der Waals surface area contributed by atoms with Crippen LogP contribution in [0.1, 0.15) is 18.1 Å². The van der Waals surface area contributed by atoms with Crippen LogP contribution >= 0.6 is 0 Å². The lowest BCUT2D eigenvalue weighted by Gasteiger charge is -2.00. The maximum absolute atomic E-state index is 3.68. The Bertz CT molecular complexity index is 287. The predicted molar refractivity (Wildman–Crippen MR) is 54.4 cm³/mol. The van der Waals surface area contributed by atoms with Gasteiger partial charge in [-0.25, -0.2) is 0 Å². The minimum Gasteiger partial charge on any atom is -0.272 e. The highest BCUT2D eigenvalue weighted by Gasteiger charge is 1.93. The van der Waals surface area contributed by atoms with Crippen LogP contribution in [0.4, 0.5) is 0 Å². The van der Waals surface area contributed by atoms with Crippen LogP contribution in [0.2, 0.25) is 0 Å². The van der Waals surface area contributed by atoms with Crippen LogP contribution in [0.5, 0.6) is 0 Å². The highest BCUT2D eigenvalue weighted by Crippen LogP contribution is 2.10. The van der Waals surface area contributed by atoms with Crippen molar-refractivity contribution in [2.24, 2.45) is 4.99 Å². The fraction of sp³-hybridized carbons (Fsp3) is 0.182. The molecule has 0 N–H and O–H groups in total. The quantitative estimate of drug-likeness (QED) is 0.601. The number of hydrogen-bond acceptors (Lipinski definition) is 1. The first-order valence-electron chi connectivity index (χ1n) is 4.08. The maximum atomic E-state index is 3.68. The number of nitrogens with zero attached hydrogens (tertiary/aromatic N) is 1. The standard InChI is InChI=1S/C11H13N/c1-3-10-6-4-5-7-11(10)8-9-12-2/h4-9H,2-3H2,1H3/b9-8-. The third-order valence-corrected chi connectivity index (χ3v) is 1.80. The van der Waals surface area contributed by atoms with Gasteiger partial charge in [0.05, 0.1) is 0 Å². The van der Waals surface area contributed by atoms with E-state index < -0.39 is 0 Å². The summed E-state index contributed by atoms with van der Waals surface area (Å²) in [6.07, 6.45) is 4.75. The molecule has 0 saturated heterocycles. The number of benzene rings is 1. The molecule has 0 spiro atoms. The third-order valence-electron chi connectivity index (χ3n) is 1.80. The molecule has 0 aliphatic carbocycles. The van der Waals surface area contributed by atoms with E-state index in [2.05, 4.69) is 36.8 Å². The van der Waals surface area contributed by atoms with Crippen LogP contribution in [0.3, 0.4) is 0 Å². The van der Waals surface area contributed by atoms with Crippen molar-refractivity contribution in [2.75, 3.05) is 0 Å². The number of hydrogen-bond donors (Lipinski definition) is 0. The van der Waals surface area contributed by atoms with Gasteiger partial charge < -0.3 is 0 Å². The zero-order valence-electron chi connectivity index (χ0n) is 7.33. The van der Waals surface area contributed by atoms with Crippen molar-refractivity contribution in [3.63, 3.8) is 0 Å². The van der Waals surface area contributed by atoms with Crippen LogP contribution in [-0.2, 0) is 6.42 Å². The molecule has 1 heteroatoms. The molecule has 12 heavy (non-hydrogen) atoms. The average molecular weight is 159 g/mol. The minimum absolute atomic E-state index is 1.05. The van der Waals surface area contributed by atoms with Crippen molar-refractivity contribution in [3.05, 3.63) is 41.6 Å². The van der Waals surface area contributed by atoms with E-state index in [1.54, 1.807) is 6.20 Å². The normalized spacial score (nSPS) is 10.4. The molecule has 0 saturated carbocycles. The van der Waals surface area contributed by atoms with E-state index in [4.69, 9.17) is 0 Å². The third kappa shape index (κ3) is 2.06. The Kier molecular flexibility index (Phi) is 3.27. The van der Waals surface area contributed by atoms with Crippen LogP contribution in [0.25, 0.3) is 6.08 Å². The van der Waals surface area contributed by atoms with E-state index in [9.17, 15) is 0 Å². The van der Waals surface area contributed by atoms with Crippen molar-refractivity contribution >= 4 is 12.8 Å². The van der Waals surface area contributed by atoms with Gasteiger partial charge in [-0.1, -0.05) is 31.2 Å². The minimum atomic E-state index is 1.05. The zero-order chi connectivity index (χ0) is 8.81. The van der Waals surface area contributed by atoms with E-state index in [1.807, 2.05) is 12.1 Å². The van der Waals surface area contributed by atoms with Crippen molar-refractivity contribution in [3.8, 4) is 0 Å². The molecule has 0 bridgehead atoms. The largest absolute Gasteiger partial charge is 0.272 e. The van der Waals surface area contributed by atoms with Gasteiger partial charge in [-0.3, -0.25) is 4.99 Å². The van der Waals surface area contributed by atoms with Gasteiger partial charge in [0, 0.05) is 6.20 Å². The smallest absolute Gasteiger partial charge is 0.0266 e. The Labute approximate surface area is 73.5 Å². The lowest BCUT2D eigenvalue weighted by atomic mass is 10.1. The van der Waals surface area contributed by atoms with E-state index in [1.165, 1.54) is 11.1 Å². The van der Waals surface area contributed by atoms with E-state index in [-0.39, 0.29) is 0 Å². The van der Waals surface area contributed by atoms with E-state index >= 15 is 0 Å². The molecule has 1 nitrogen and oxygen atoms in total. The van der Waals surface area contributed by atoms with Crippen molar-refractivity contribution in [2.45, 2.75) is 13.3 Å². The van der Waals surface area contributed by atoms with Crippen LogP contribution < -0.4 is 0 Å². The van der Waals surface area contributed by atoms with Crippen molar-refractivity contribution in [1.29, 1.82) is 0 Å². The highest BCUT2D eigenvalue weighted by atomic mass is 14.6. The second-order valence-corrected chi connectivity index (χ2v) is 2.55. The molecule has 0 amide bonds. The summed E-state index contributed by atoms with van der Waals surface area (Å²) < 4.78 is 0. The van der Waals surface area contributed by atoms with Gasteiger partial charge >= 0.3 is 0 Å². The monoisotopic (exact) mass is 159 g/mol. The molecule has 1 rings (SSSR count). The highest BCUT2D eigenvalue weighted by molar-refractivity contribution is 5.54. The Morgan fingerprint density at radius 1 is 1.42 bits per heavy atom. The summed E-state index contributed by atoms with van der Waals surface area (Å²) in [4.78, 5) is 3.68. The fourth-order valence-electron chi connectivity index (χ4n) is 1.15. The predicted octanol–water partition coefficient (Wildman–Crippen LogP) is 2.92. The second kappa shape index (κ2) is 4.50. The van der Waals surface area contributed by atoms with Gasteiger partial charge in [-0.05, 0) is 30.3 Å². The molecule has 0 aliphatic rings. The van der Waals surface area contributed by atoms with Crippen molar-refractivity contribution in [1.82, 2.24) is 0 Å².